The Balaban J connectivity index is 1.64. The molecule has 3 heteroatoms. The topological polar surface area (TPSA) is 13.1 Å². The predicted octanol–water partition coefficient (Wildman–Crippen LogP) is 9.28. The normalized spacial score (nSPS) is 16.4. The fraction of sp³-hybridized carbons (Fsp3) is 0.243. The number of benzene rings is 4. The van der Waals surface area contributed by atoms with Gasteiger partial charge in [0.05, 0.1) is 6.04 Å². The third-order valence-electron chi connectivity index (χ3n) is 9.17. The molecule has 1 aliphatic heterocycles. The minimum Gasteiger partial charge on any atom is -0.365 e. The van der Waals surface area contributed by atoms with Gasteiger partial charge in [0.25, 0.3) is 0 Å². The minimum atomic E-state index is 0.271. The molecule has 0 saturated heterocycles. The summed E-state index contributed by atoms with van der Waals surface area (Å²) in [4.78, 5) is 2.56. The average molecular weight is 524 g/mol. The number of likely N-dealkylation sites (N-methyl/N-ethyl adjacent to an activating group) is 1. The zero-order chi connectivity index (χ0) is 27.5. The molecule has 0 spiro atoms. The smallest absolute Gasteiger partial charge is 0.0527 e. The Morgan fingerprint density at radius 2 is 1.27 bits per heavy atom. The van der Waals surface area contributed by atoms with Crippen molar-refractivity contribution in [2.24, 2.45) is 0 Å². The number of hydrogen-bond donors (Lipinski definition) is 0. The molecule has 0 N–H and O–H groups in total. The molecule has 4 aromatic carbocycles. The minimum absolute atomic E-state index is 0.271. The molecule has 3 heterocycles. The van der Waals surface area contributed by atoms with Crippen LogP contribution in [0.2, 0.25) is 0 Å². The van der Waals surface area contributed by atoms with Crippen molar-refractivity contribution < 1.29 is 0 Å². The van der Waals surface area contributed by atoms with Gasteiger partial charge in [-0.25, -0.2) is 0 Å². The monoisotopic (exact) mass is 523 g/mol. The van der Waals surface area contributed by atoms with Crippen molar-refractivity contribution in [2.75, 3.05) is 11.4 Å². The second-order valence-corrected chi connectivity index (χ2v) is 11.0. The van der Waals surface area contributed by atoms with Gasteiger partial charge in [0.2, 0.25) is 0 Å². The highest BCUT2D eigenvalue weighted by Crippen LogP contribution is 2.48. The summed E-state index contributed by atoms with van der Waals surface area (Å²) in [5, 5.41) is 3.99. The van der Waals surface area contributed by atoms with Gasteiger partial charge in [-0.3, -0.25) is 0 Å². The van der Waals surface area contributed by atoms with Crippen LogP contribution in [-0.4, -0.2) is 21.7 Å². The summed E-state index contributed by atoms with van der Waals surface area (Å²) in [6, 6.07) is 34.3. The maximum absolute atomic E-state index is 2.56. The highest BCUT2D eigenvalue weighted by Gasteiger charge is 2.34. The predicted molar refractivity (Wildman–Crippen MR) is 172 cm³/mol. The number of aryl methyl sites for hydroxylation is 2. The van der Waals surface area contributed by atoms with E-state index in [-0.39, 0.29) is 6.04 Å². The largest absolute Gasteiger partial charge is 0.365 e. The molecule has 7 rings (SSSR count). The van der Waals surface area contributed by atoms with Gasteiger partial charge >= 0.3 is 0 Å². The number of nitrogens with zero attached hydrogens (tertiary/aromatic N) is 3. The van der Waals surface area contributed by atoms with E-state index in [4.69, 9.17) is 0 Å². The first-order valence-electron chi connectivity index (χ1n) is 14.8. The lowest BCUT2D eigenvalue weighted by Gasteiger charge is -2.25. The number of anilines is 1. The van der Waals surface area contributed by atoms with Gasteiger partial charge in [0.15, 0.2) is 0 Å². The molecule has 40 heavy (non-hydrogen) atoms. The van der Waals surface area contributed by atoms with E-state index in [0.29, 0.717) is 0 Å². The Bertz CT molecular complexity index is 1950. The van der Waals surface area contributed by atoms with E-state index in [1.165, 1.54) is 71.9 Å². The lowest BCUT2D eigenvalue weighted by Crippen LogP contribution is -2.28. The standard InChI is InChI=1S/C37H37N3/c1-6-38-24(4)35(28-16-10-13-19-32(28)38)37(36-25(5)39(7-2)33-20-14-11-17-29(33)36)26-21-22-34-30(23-26)27-15-9-12-18-31(27)40(34)8-3/h9-24H,6-8H2,1-5H3. The van der Waals surface area contributed by atoms with E-state index in [2.05, 4.69) is 140 Å². The molecule has 1 aliphatic rings. The van der Waals surface area contributed by atoms with Gasteiger partial charge in [-0.15, -0.1) is 0 Å². The van der Waals surface area contributed by atoms with Gasteiger partial charge in [-0.2, -0.15) is 0 Å². The van der Waals surface area contributed by atoms with Crippen molar-refractivity contribution in [3.8, 4) is 0 Å². The van der Waals surface area contributed by atoms with E-state index < -0.39 is 0 Å². The Kier molecular flexibility index (Phi) is 5.85. The van der Waals surface area contributed by atoms with E-state index in [9.17, 15) is 0 Å². The zero-order valence-electron chi connectivity index (χ0n) is 24.2. The number of hydrogen-bond acceptors (Lipinski definition) is 1. The quantitative estimate of drug-likeness (QED) is 0.219. The molecule has 0 aliphatic carbocycles. The van der Waals surface area contributed by atoms with E-state index in [1.54, 1.807) is 0 Å². The van der Waals surface area contributed by atoms with Crippen LogP contribution < -0.4 is 4.90 Å². The summed E-state index contributed by atoms with van der Waals surface area (Å²) in [5.74, 6) is 0. The number of para-hydroxylation sites is 3. The van der Waals surface area contributed by atoms with Crippen molar-refractivity contribution in [1.82, 2.24) is 9.13 Å². The Morgan fingerprint density at radius 1 is 0.650 bits per heavy atom. The second-order valence-electron chi connectivity index (χ2n) is 11.0. The van der Waals surface area contributed by atoms with Crippen molar-refractivity contribution in [3.63, 3.8) is 0 Å². The highest BCUT2D eigenvalue weighted by molar-refractivity contribution is 6.14. The van der Waals surface area contributed by atoms with Crippen molar-refractivity contribution in [3.05, 3.63) is 113 Å². The van der Waals surface area contributed by atoms with Crippen LogP contribution in [0, 0.1) is 6.92 Å². The highest BCUT2D eigenvalue weighted by atomic mass is 15.2. The van der Waals surface area contributed by atoms with Crippen LogP contribution in [0.15, 0.2) is 91.0 Å². The zero-order valence-corrected chi connectivity index (χ0v) is 24.2. The van der Waals surface area contributed by atoms with Crippen molar-refractivity contribution >= 4 is 49.5 Å². The van der Waals surface area contributed by atoms with Gasteiger partial charge < -0.3 is 14.0 Å². The molecule has 0 fully saturated rings. The second kappa shape index (κ2) is 9.45. The molecule has 1 unspecified atom stereocenters. The molecule has 200 valence electrons. The van der Waals surface area contributed by atoms with Crippen LogP contribution in [0.1, 0.15) is 50.1 Å². The molecule has 2 aromatic heterocycles. The van der Waals surface area contributed by atoms with Crippen molar-refractivity contribution in [2.45, 2.75) is 53.8 Å². The lowest BCUT2D eigenvalue weighted by molar-refractivity contribution is 0.768. The fourth-order valence-electron chi connectivity index (χ4n) is 7.47. The maximum atomic E-state index is 2.56. The van der Waals surface area contributed by atoms with Crippen LogP contribution >= 0.6 is 0 Å². The summed E-state index contributed by atoms with van der Waals surface area (Å²) in [6.45, 7) is 14.4. The first-order valence-corrected chi connectivity index (χ1v) is 14.8. The maximum Gasteiger partial charge on any atom is 0.0527 e. The summed E-state index contributed by atoms with van der Waals surface area (Å²) < 4.78 is 4.93. The number of aromatic nitrogens is 2. The number of fused-ring (bicyclic) bond motifs is 5. The first-order chi connectivity index (χ1) is 19.6. The van der Waals surface area contributed by atoms with Gasteiger partial charge in [-0.1, -0.05) is 60.7 Å². The van der Waals surface area contributed by atoms with Gasteiger partial charge in [-0.05, 0) is 81.7 Å². The third-order valence-corrected chi connectivity index (χ3v) is 9.17. The molecular weight excluding hydrogens is 486 g/mol. The summed E-state index contributed by atoms with van der Waals surface area (Å²) >= 11 is 0. The van der Waals surface area contributed by atoms with Gasteiger partial charge in [0, 0.05) is 74.9 Å². The molecular formula is C37H37N3. The van der Waals surface area contributed by atoms with Crippen LogP contribution in [0.5, 0.6) is 0 Å². The van der Waals surface area contributed by atoms with E-state index in [0.717, 1.165) is 19.6 Å². The van der Waals surface area contributed by atoms with Gasteiger partial charge in [0.1, 0.15) is 0 Å². The molecule has 0 bridgehead atoms. The molecule has 3 nitrogen and oxygen atoms in total. The SMILES string of the molecule is CCN1c2ccccc2C(=C(c2ccc3c(c2)c2ccccc2n3CC)c2c(C)n(CC)c3ccccc23)C1C. The Hall–Kier alpha value is -4.24. The van der Waals surface area contributed by atoms with E-state index in [1.807, 2.05) is 0 Å². The average Bonchev–Trinajstić information content (AvgIpc) is 3.57. The lowest BCUT2D eigenvalue weighted by atomic mass is 9.86. The Labute approximate surface area is 237 Å². The van der Waals surface area contributed by atoms with Crippen LogP contribution in [-0.2, 0) is 13.1 Å². The van der Waals surface area contributed by atoms with Crippen LogP contribution in [0.4, 0.5) is 5.69 Å². The summed E-state index contributed by atoms with van der Waals surface area (Å²) in [6.07, 6.45) is 0. The molecule has 0 amide bonds. The molecule has 1 atom stereocenters. The number of rotatable bonds is 5. The molecule has 6 aromatic rings. The van der Waals surface area contributed by atoms with Crippen molar-refractivity contribution in [1.29, 1.82) is 0 Å². The van der Waals surface area contributed by atoms with Crippen LogP contribution in [0.3, 0.4) is 0 Å². The molecule has 0 saturated carbocycles. The third kappa shape index (κ3) is 3.37. The first kappa shape index (κ1) is 24.8. The van der Waals surface area contributed by atoms with E-state index >= 15 is 0 Å². The van der Waals surface area contributed by atoms with Crippen LogP contribution in [0.25, 0.3) is 43.9 Å². The Morgan fingerprint density at radius 3 is 2.00 bits per heavy atom. The summed E-state index contributed by atoms with van der Waals surface area (Å²) in [5.41, 5.74) is 13.4. The fourth-order valence-corrected chi connectivity index (χ4v) is 7.47. The molecule has 0 radical (unpaired) electrons. The summed E-state index contributed by atoms with van der Waals surface area (Å²) in [7, 11) is 0.